The van der Waals surface area contributed by atoms with Crippen molar-refractivity contribution in [2.45, 2.75) is 33.6 Å². The number of hydrogen-bond acceptors (Lipinski definition) is 3. The number of nitrogens with zero attached hydrogens (tertiary/aromatic N) is 1. The van der Waals surface area contributed by atoms with Gasteiger partial charge in [-0.1, -0.05) is 26.0 Å². The zero-order chi connectivity index (χ0) is 19.6. The number of carbonyl (C=O) groups is 2. The van der Waals surface area contributed by atoms with E-state index in [1.54, 1.807) is 24.3 Å². The Hall–Kier alpha value is -2.82. The first-order chi connectivity index (χ1) is 13.0. The number of anilines is 1. The van der Waals surface area contributed by atoms with Crippen LogP contribution in [0.5, 0.6) is 5.75 Å². The van der Waals surface area contributed by atoms with Gasteiger partial charge in [0, 0.05) is 24.3 Å². The fourth-order valence-corrected chi connectivity index (χ4v) is 2.78. The highest BCUT2D eigenvalue weighted by atomic mass is 16.5. The first-order valence-corrected chi connectivity index (χ1v) is 9.42. The Morgan fingerprint density at radius 1 is 1.00 bits per heavy atom. The van der Waals surface area contributed by atoms with E-state index in [2.05, 4.69) is 19.2 Å². The van der Waals surface area contributed by atoms with E-state index in [4.69, 9.17) is 4.74 Å². The first kappa shape index (κ1) is 20.5. The van der Waals surface area contributed by atoms with Crippen LogP contribution in [0.25, 0.3) is 0 Å². The van der Waals surface area contributed by atoms with Gasteiger partial charge in [0.1, 0.15) is 5.75 Å². The van der Waals surface area contributed by atoms with E-state index in [0.29, 0.717) is 17.0 Å². The molecule has 27 heavy (non-hydrogen) atoms. The highest BCUT2D eigenvalue weighted by Crippen LogP contribution is 2.14. The van der Waals surface area contributed by atoms with Crippen LogP contribution in [0.4, 0.5) is 5.69 Å². The average molecular weight is 368 g/mol. The third kappa shape index (κ3) is 6.44. The molecule has 0 atom stereocenters. The molecule has 0 saturated carbocycles. The highest BCUT2D eigenvalue weighted by Gasteiger charge is 2.14. The van der Waals surface area contributed by atoms with Crippen molar-refractivity contribution < 1.29 is 14.3 Å². The van der Waals surface area contributed by atoms with Gasteiger partial charge in [0.25, 0.3) is 11.8 Å². The summed E-state index contributed by atoms with van der Waals surface area (Å²) in [6.45, 7) is 7.53. The number of rotatable bonds is 9. The SMILES string of the molecule is CCCN(CCC)C(=O)c1ccc(NC(=O)COc2cccc(C)c2)cc1. The number of benzene rings is 2. The largest absolute Gasteiger partial charge is 0.484 e. The molecule has 2 aromatic carbocycles. The maximum atomic E-state index is 12.6. The number of aryl methyl sites for hydroxylation is 1. The Bertz CT molecular complexity index is 750. The predicted octanol–water partition coefficient (Wildman–Crippen LogP) is 4.27. The normalized spacial score (nSPS) is 10.3. The molecule has 0 fully saturated rings. The van der Waals surface area contributed by atoms with E-state index >= 15 is 0 Å². The van der Waals surface area contributed by atoms with Gasteiger partial charge in [-0.3, -0.25) is 9.59 Å². The van der Waals surface area contributed by atoms with Gasteiger partial charge in [-0.05, 0) is 61.7 Å². The summed E-state index contributed by atoms with van der Waals surface area (Å²) in [5.41, 5.74) is 2.35. The molecule has 1 N–H and O–H groups in total. The summed E-state index contributed by atoms with van der Waals surface area (Å²) < 4.78 is 5.50. The summed E-state index contributed by atoms with van der Waals surface area (Å²) in [7, 11) is 0. The molecule has 144 valence electrons. The second-order valence-corrected chi connectivity index (χ2v) is 6.52. The van der Waals surface area contributed by atoms with Gasteiger partial charge in [0.2, 0.25) is 0 Å². The standard InChI is InChI=1S/C22H28N2O3/c1-4-13-24(14-5-2)22(26)18-9-11-19(12-10-18)23-21(25)16-27-20-8-6-7-17(3)15-20/h6-12,15H,4-5,13-14,16H2,1-3H3,(H,23,25). The second kappa shape index (κ2) is 10.4. The highest BCUT2D eigenvalue weighted by molar-refractivity contribution is 5.96. The quantitative estimate of drug-likeness (QED) is 0.719. The molecule has 2 amide bonds. The van der Waals surface area contributed by atoms with Crippen LogP contribution in [0.15, 0.2) is 48.5 Å². The minimum atomic E-state index is -0.242. The molecule has 0 spiro atoms. The van der Waals surface area contributed by atoms with Crippen molar-refractivity contribution in [3.8, 4) is 5.75 Å². The van der Waals surface area contributed by atoms with E-state index in [9.17, 15) is 9.59 Å². The summed E-state index contributed by atoms with van der Waals surface area (Å²) in [5.74, 6) is 0.451. The molecule has 0 aliphatic heterocycles. The van der Waals surface area contributed by atoms with Crippen LogP contribution in [0.1, 0.15) is 42.6 Å². The number of carbonyl (C=O) groups excluding carboxylic acids is 2. The molecule has 0 unspecified atom stereocenters. The van der Waals surface area contributed by atoms with Gasteiger partial charge < -0.3 is 15.0 Å². The van der Waals surface area contributed by atoms with Crippen molar-refractivity contribution >= 4 is 17.5 Å². The van der Waals surface area contributed by atoms with Crippen LogP contribution in [0.2, 0.25) is 0 Å². The lowest BCUT2D eigenvalue weighted by atomic mass is 10.1. The number of hydrogen-bond donors (Lipinski definition) is 1. The van der Waals surface area contributed by atoms with Crippen LogP contribution in [0.3, 0.4) is 0 Å². The molecule has 2 rings (SSSR count). The second-order valence-electron chi connectivity index (χ2n) is 6.52. The van der Waals surface area contributed by atoms with Crippen molar-refractivity contribution in [3.63, 3.8) is 0 Å². The molecular formula is C22H28N2O3. The molecule has 0 aromatic heterocycles. The van der Waals surface area contributed by atoms with Crippen molar-refractivity contribution in [3.05, 3.63) is 59.7 Å². The third-order valence-electron chi connectivity index (χ3n) is 4.05. The fraction of sp³-hybridized carbons (Fsp3) is 0.364. The minimum Gasteiger partial charge on any atom is -0.484 e. The molecule has 0 radical (unpaired) electrons. The first-order valence-electron chi connectivity index (χ1n) is 9.42. The lowest BCUT2D eigenvalue weighted by molar-refractivity contribution is -0.118. The Morgan fingerprint density at radius 3 is 2.26 bits per heavy atom. The van der Waals surface area contributed by atoms with Crippen molar-refractivity contribution in [1.82, 2.24) is 4.90 Å². The third-order valence-corrected chi connectivity index (χ3v) is 4.05. The van der Waals surface area contributed by atoms with Crippen LogP contribution in [-0.4, -0.2) is 36.4 Å². The van der Waals surface area contributed by atoms with Gasteiger partial charge in [-0.25, -0.2) is 0 Å². The topological polar surface area (TPSA) is 58.6 Å². The Morgan fingerprint density at radius 2 is 1.67 bits per heavy atom. The number of ether oxygens (including phenoxy) is 1. The maximum absolute atomic E-state index is 12.6. The van der Waals surface area contributed by atoms with Crippen LogP contribution in [0, 0.1) is 6.92 Å². The Labute approximate surface area is 161 Å². The van der Waals surface area contributed by atoms with Crippen LogP contribution >= 0.6 is 0 Å². The number of amides is 2. The monoisotopic (exact) mass is 368 g/mol. The molecule has 2 aromatic rings. The lowest BCUT2D eigenvalue weighted by Gasteiger charge is -2.21. The molecule has 0 bridgehead atoms. The minimum absolute atomic E-state index is 0.0272. The van der Waals surface area contributed by atoms with Crippen molar-refractivity contribution in [2.24, 2.45) is 0 Å². The Balaban J connectivity index is 1.90. The number of nitrogens with one attached hydrogen (secondary N) is 1. The zero-order valence-corrected chi connectivity index (χ0v) is 16.3. The van der Waals surface area contributed by atoms with E-state index in [1.807, 2.05) is 36.1 Å². The molecule has 5 heteroatoms. The summed E-state index contributed by atoms with van der Waals surface area (Å²) in [4.78, 5) is 26.5. The van der Waals surface area contributed by atoms with E-state index in [-0.39, 0.29) is 18.4 Å². The van der Waals surface area contributed by atoms with E-state index in [0.717, 1.165) is 31.5 Å². The summed E-state index contributed by atoms with van der Waals surface area (Å²) in [6.07, 6.45) is 1.86. The summed E-state index contributed by atoms with van der Waals surface area (Å²) in [5, 5.41) is 2.78. The molecule has 0 saturated heterocycles. The fourth-order valence-electron chi connectivity index (χ4n) is 2.78. The van der Waals surface area contributed by atoms with Gasteiger partial charge in [-0.2, -0.15) is 0 Å². The van der Waals surface area contributed by atoms with Crippen molar-refractivity contribution in [1.29, 1.82) is 0 Å². The molecule has 0 heterocycles. The molecular weight excluding hydrogens is 340 g/mol. The van der Waals surface area contributed by atoms with E-state index in [1.165, 1.54) is 0 Å². The predicted molar refractivity (Wildman–Crippen MR) is 108 cm³/mol. The van der Waals surface area contributed by atoms with Crippen molar-refractivity contribution in [2.75, 3.05) is 25.0 Å². The van der Waals surface area contributed by atoms with Crippen LogP contribution < -0.4 is 10.1 Å². The van der Waals surface area contributed by atoms with Gasteiger partial charge in [0.05, 0.1) is 0 Å². The molecule has 0 aliphatic rings. The summed E-state index contributed by atoms with van der Waals surface area (Å²) in [6, 6.07) is 14.5. The summed E-state index contributed by atoms with van der Waals surface area (Å²) >= 11 is 0. The Kier molecular flexibility index (Phi) is 7.86. The molecule has 0 aliphatic carbocycles. The smallest absolute Gasteiger partial charge is 0.262 e. The van der Waals surface area contributed by atoms with E-state index < -0.39 is 0 Å². The van der Waals surface area contributed by atoms with Crippen LogP contribution in [-0.2, 0) is 4.79 Å². The van der Waals surface area contributed by atoms with Gasteiger partial charge in [-0.15, -0.1) is 0 Å². The maximum Gasteiger partial charge on any atom is 0.262 e. The lowest BCUT2D eigenvalue weighted by Crippen LogP contribution is -2.32. The van der Waals surface area contributed by atoms with Gasteiger partial charge >= 0.3 is 0 Å². The molecule has 5 nitrogen and oxygen atoms in total. The average Bonchev–Trinajstić information content (AvgIpc) is 2.66. The van der Waals surface area contributed by atoms with Gasteiger partial charge in [0.15, 0.2) is 6.61 Å². The zero-order valence-electron chi connectivity index (χ0n) is 16.3.